The van der Waals surface area contributed by atoms with Gasteiger partial charge < -0.3 is 10.1 Å². The van der Waals surface area contributed by atoms with Crippen LogP contribution in [0.4, 0.5) is 17.1 Å². The van der Waals surface area contributed by atoms with Crippen molar-refractivity contribution in [3.8, 4) is 5.75 Å². The standard InChI is InChI=1S/C21H26N5O/c1-16(21-24(2)14-15-25(21)3)23-26(4)19-10-6-17(7-11-19)22-18-8-12-20(27-5)13-9-18/h6-15,22H,1-5H3/q+1. The van der Waals surface area contributed by atoms with E-state index in [0.717, 1.165) is 34.3 Å². The van der Waals surface area contributed by atoms with Crippen molar-refractivity contribution in [2.75, 3.05) is 24.5 Å². The molecule has 0 aliphatic heterocycles. The van der Waals surface area contributed by atoms with Crippen LogP contribution in [0.15, 0.2) is 66.0 Å². The maximum Gasteiger partial charge on any atom is 0.304 e. The number of aryl methyl sites for hydroxylation is 2. The van der Waals surface area contributed by atoms with Crippen molar-refractivity contribution in [2.24, 2.45) is 19.2 Å². The van der Waals surface area contributed by atoms with Crippen LogP contribution in [0.2, 0.25) is 0 Å². The lowest BCUT2D eigenvalue weighted by Crippen LogP contribution is -2.35. The second-order valence-corrected chi connectivity index (χ2v) is 6.45. The van der Waals surface area contributed by atoms with Crippen molar-refractivity contribution in [3.63, 3.8) is 0 Å². The van der Waals surface area contributed by atoms with E-state index in [0.29, 0.717) is 0 Å². The van der Waals surface area contributed by atoms with Gasteiger partial charge in [0.15, 0.2) is 0 Å². The van der Waals surface area contributed by atoms with Gasteiger partial charge in [-0.2, -0.15) is 5.10 Å². The maximum atomic E-state index is 5.19. The SMILES string of the molecule is COc1ccc(Nc2ccc(N(C)/N=C(\C)c3n(C)cc[n+]3C)cc2)cc1. The average molecular weight is 364 g/mol. The first-order valence-electron chi connectivity index (χ1n) is 8.79. The lowest BCUT2D eigenvalue weighted by Gasteiger charge is -2.15. The quantitative estimate of drug-likeness (QED) is 0.414. The molecule has 0 bridgehead atoms. The van der Waals surface area contributed by atoms with Crippen molar-refractivity contribution >= 4 is 22.8 Å². The number of imidazole rings is 1. The second-order valence-electron chi connectivity index (χ2n) is 6.45. The fourth-order valence-electron chi connectivity index (χ4n) is 3.03. The van der Waals surface area contributed by atoms with E-state index >= 15 is 0 Å². The Morgan fingerprint density at radius 2 is 1.67 bits per heavy atom. The van der Waals surface area contributed by atoms with E-state index in [-0.39, 0.29) is 0 Å². The highest BCUT2D eigenvalue weighted by atomic mass is 16.5. The molecule has 27 heavy (non-hydrogen) atoms. The summed E-state index contributed by atoms with van der Waals surface area (Å²) >= 11 is 0. The molecular weight excluding hydrogens is 338 g/mol. The summed E-state index contributed by atoms with van der Waals surface area (Å²) < 4.78 is 9.31. The summed E-state index contributed by atoms with van der Waals surface area (Å²) in [6.45, 7) is 2.02. The maximum absolute atomic E-state index is 5.19. The lowest BCUT2D eigenvalue weighted by atomic mass is 10.2. The molecule has 3 aromatic rings. The molecule has 0 fully saturated rings. The van der Waals surface area contributed by atoms with Crippen molar-refractivity contribution < 1.29 is 9.30 Å². The van der Waals surface area contributed by atoms with E-state index in [9.17, 15) is 0 Å². The van der Waals surface area contributed by atoms with Crippen LogP contribution >= 0.6 is 0 Å². The number of aromatic nitrogens is 2. The normalized spacial score (nSPS) is 11.4. The molecule has 0 atom stereocenters. The summed E-state index contributed by atoms with van der Waals surface area (Å²) in [5.41, 5.74) is 4.01. The number of rotatable bonds is 6. The predicted molar refractivity (Wildman–Crippen MR) is 110 cm³/mol. The van der Waals surface area contributed by atoms with E-state index in [1.165, 1.54) is 0 Å². The number of anilines is 3. The number of benzene rings is 2. The Bertz CT molecular complexity index is 907. The van der Waals surface area contributed by atoms with E-state index in [1.54, 1.807) is 7.11 Å². The molecule has 6 nitrogen and oxygen atoms in total. The Morgan fingerprint density at radius 3 is 2.19 bits per heavy atom. The van der Waals surface area contributed by atoms with E-state index in [4.69, 9.17) is 9.84 Å². The van der Waals surface area contributed by atoms with Crippen LogP contribution < -0.4 is 19.6 Å². The molecule has 1 N–H and O–H groups in total. The molecule has 0 amide bonds. The number of ether oxygens (including phenoxy) is 1. The topological polar surface area (TPSA) is 45.7 Å². The average Bonchev–Trinajstić information content (AvgIpc) is 3.01. The summed E-state index contributed by atoms with van der Waals surface area (Å²) in [5, 5.41) is 9.99. The molecule has 0 aliphatic carbocycles. The van der Waals surface area contributed by atoms with Gasteiger partial charge in [-0.1, -0.05) is 0 Å². The van der Waals surface area contributed by atoms with Gasteiger partial charge in [-0.05, 0) is 55.5 Å². The highest BCUT2D eigenvalue weighted by molar-refractivity contribution is 5.94. The molecule has 0 aliphatic rings. The molecule has 2 aromatic carbocycles. The van der Waals surface area contributed by atoms with Crippen LogP contribution in [-0.2, 0) is 14.1 Å². The molecule has 0 saturated carbocycles. The van der Waals surface area contributed by atoms with E-state index < -0.39 is 0 Å². The summed E-state index contributed by atoms with van der Waals surface area (Å²) in [7, 11) is 7.67. The van der Waals surface area contributed by atoms with Gasteiger partial charge in [-0.3, -0.25) is 5.01 Å². The molecule has 0 unspecified atom stereocenters. The van der Waals surface area contributed by atoms with Crippen LogP contribution in [0.5, 0.6) is 5.75 Å². The second kappa shape index (κ2) is 7.95. The van der Waals surface area contributed by atoms with Gasteiger partial charge >= 0.3 is 5.82 Å². The van der Waals surface area contributed by atoms with Gasteiger partial charge in [-0.25, -0.2) is 9.13 Å². The van der Waals surface area contributed by atoms with Gasteiger partial charge in [0.1, 0.15) is 23.9 Å². The van der Waals surface area contributed by atoms with Gasteiger partial charge in [0.2, 0.25) is 0 Å². The molecule has 6 heteroatoms. The third-order valence-electron chi connectivity index (χ3n) is 4.43. The minimum absolute atomic E-state index is 0.845. The minimum atomic E-state index is 0.845. The Kier molecular flexibility index (Phi) is 5.45. The van der Waals surface area contributed by atoms with Crippen molar-refractivity contribution in [1.29, 1.82) is 0 Å². The van der Waals surface area contributed by atoms with Crippen LogP contribution in [-0.4, -0.2) is 24.4 Å². The smallest absolute Gasteiger partial charge is 0.304 e. The predicted octanol–water partition coefficient (Wildman–Crippen LogP) is 3.46. The first kappa shape index (κ1) is 18.5. The van der Waals surface area contributed by atoms with Crippen LogP contribution in [0.1, 0.15) is 12.7 Å². The number of nitrogens with zero attached hydrogens (tertiary/aromatic N) is 4. The zero-order valence-corrected chi connectivity index (χ0v) is 16.5. The Labute approximate surface area is 160 Å². The third kappa shape index (κ3) is 4.28. The molecule has 3 rings (SSSR count). The fraction of sp³-hybridized carbons (Fsp3) is 0.238. The molecule has 0 spiro atoms. The lowest BCUT2D eigenvalue weighted by molar-refractivity contribution is -0.672. The Hall–Kier alpha value is -3.28. The summed E-state index contributed by atoms with van der Waals surface area (Å²) in [6, 6.07) is 16.0. The van der Waals surface area contributed by atoms with Gasteiger partial charge in [0.25, 0.3) is 0 Å². The van der Waals surface area contributed by atoms with Crippen molar-refractivity contribution in [3.05, 3.63) is 66.7 Å². The van der Waals surface area contributed by atoms with Crippen LogP contribution in [0, 0.1) is 0 Å². The summed E-state index contributed by atoms with van der Waals surface area (Å²) in [5.74, 6) is 1.91. The third-order valence-corrected chi connectivity index (χ3v) is 4.43. The van der Waals surface area contributed by atoms with Gasteiger partial charge in [0, 0.05) is 18.4 Å². The Morgan fingerprint density at radius 1 is 1.07 bits per heavy atom. The largest absolute Gasteiger partial charge is 0.497 e. The summed E-state index contributed by atoms with van der Waals surface area (Å²) in [6.07, 6.45) is 4.04. The van der Waals surface area contributed by atoms with E-state index in [1.807, 2.05) is 94.0 Å². The zero-order valence-electron chi connectivity index (χ0n) is 16.5. The molecule has 140 valence electrons. The monoisotopic (exact) mass is 364 g/mol. The number of hydrogen-bond donors (Lipinski definition) is 1. The molecule has 0 radical (unpaired) electrons. The number of methoxy groups -OCH3 is 1. The van der Waals surface area contributed by atoms with Crippen LogP contribution in [0.25, 0.3) is 0 Å². The number of nitrogens with one attached hydrogen (secondary N) is 1. The highest BCUT2D eigenvalue weighted by Crippen LogP contribution is 2.22. The molecule has 1 heterocycles. The number of hydrogen-bond acceptors (Lipinski definition) is 4. The first-order chi connectivity index (χ1) is 13.0. The highest BCUT2D eigenvalue weighted by Gasteiger charge is 2.15. The molecule has 0 saturated heterocycles. The fourth-order valence-corrected chi connectivity index (χ4v) is 3.03. The minimum Gasteiger partial charge on any atom is -0.497 e. The van der Waals surface area contributed by atoms with Gasteiger partial charge in [0.05, 0.1) is 26.9 Å². The Balaban J connectivity index is 1.71. The first-order valence-corrected chi connectivity index (χ1v) is 8.79. The summed E-state index contributed by atoms with van der Waals surface area (Å²) in [4.78, 5) is 0. The molecular formula is C21H26N5O+. The van der Waals surface area contributed by atoms with Gasteiger partial charge in [-0.15, -0.1) is 0 Å². The zero-order chi connectivity index (χ0) is 19.4. The van der Waals surface area contributed by atoms with E-state index in [2.05, 4.69) is 14.5 Å². The van der Waals surface area contributed by atoms with Crippen molar-refractivity contribution in [1.82, 2.24) is 4.57 Å². The molecule has 1 aromatic heterocycles. The van der Waals surface area contributed by atoms with Crippen molar-refractivity contribution in [2.45, 2.75) is 6.92 Å². The van der Waals surface area contributed by atoms with Crippen LogP contribution in [0.3, 0.4) is 0 Å². The number of hydrazone groups is 1.